The monoisotopic (exact) mass is 450 g/mol. The van der Waals surface area contributed by atoms with Gasteiger partial charge >= 0.3 is 7.60 Å². The number of aromatic nitrogens is 2. The van der Waals surface area contributed by atoms with Crippen molar-refractivity contribution < 1.29 is 47.2 Å². The Kier molecular flexibility index (Phi) is 8.71. The summed E-state index contributed by atoms with van der Waals surface area (Å²) >= 11 is 0. The maximum atomic E-state index is 13.6. The SMILES string of the molecule is CC(C)OP(=O)(OC(C)C)c1c[n+](C(C)(C)C)nc2ccccc12.[O-][Cl+3]([O-])([O-])[O-]. The molecular formula is C18H28ClN2O7P. The molecule has 0 aliphatic rings. The van der Waals surface area contributed by atoms with Crippen LogP contribution in [0.1, 0.15) is 48.5 Å². The average Bonchev–Trinajstić information content (AvgIpc) is 2.49. The molecule has 0 N–H and O–H groups in total. The molecule has 2 rings (SSSR count). The van der Waals surface area contributed by atoms with Gasteiger partial charge in [-0.15, -0.1) is 10.2 Å². The van der Waals surface area contributed by atoms with Crippen LogP contribution in [0.25, 0.3) is 10.9 Å². The van der Waals surface area contributed by atoms with E-state index in [-0.39, 0.29) is 17.7 Å². The second kappa shape index (κ2) is 9.76. The van der Waals surface area contributed by atoms with Gasteiger partial charge in [-0.25, -0.2) is 18.6 Å². The van der Waals surface area contributed by atoms with E-state index in [0.29, 0.717) is 5.30 Å². The molecule has 0 amide bonds. The van der Waals surface area contributed by atoms with Crippen LogP contribution < -0.4 is 28.6 Å². The molecule has 29 heavy (non-hydrogen) atoms. The summed E-state index contributed by atoms with van der Waals surface area (Å²) in [7, 11) is -8.43. The van der Waals surface area contributed by atoms with Crippen LogP contribution in [0.2, 0.25) is 0 Å². The van der Waals surface area contributed by atoms with E-state index in [0.717, 1.165) is 10.9 Å². The lowest BCUT2D eigenvalue weighted by Gasteiger charge is -2.23. The Morgan fingerprint density at radius 3 is 1.86 bits per heavy atom. The standard InChI is InChI=1S/C18H28N2O3P.ClHO4/c1-13(2)22-24(21,23-14(3)4)17-12-20(18(5,6)7)19-16-11-9-8-10-15(16)17;2-1(3,4)5/h8-14H,1-7H3;(H,2,3,4,5)/q+1;/p-1. The fraction of sp³-hybridized carbons (Fsp3) is 0.556. The number of fused-ring (bicyclic) bond motifs is 1. The van der Waals surface area contributed by atoms with Gasteiger partial charge in [0.2, 0.25) is 6.20 Å². The summed E-state index contributed by atoms with van der Waals surface area (Å²) in [5.41, 5.74) is 0.518. The minimum Gasteiger partial charge on any atom is -0.302 e. The van der Waals surface area contributed by atoms with Gasteiger partial charge in [-0.3, -0.25) is 4.57 Å². The van der Waals surface area contributed by atoms with Crippen LogP contribution in [0.5, 0.6) is 0 Å². The molecule has 0 atom stereocenters. The fourth-order valence-electron chi connectivity index (χ4n) is 2.36. The predicted octanol–water partition coefficient (Wildman–Crippen LogP) is -0.810. The Morgan fingerprint density at radius 2 is 1.45 bits per heavy atom. The molecule has 0 unspecified atom stereocenters. The van der Waals surface area contributed by atoms with Gasteiger partial charge in [0, 0.05) is 31.3 Å². The van der Waals surface area contributed by atoms with Crippen LogP contribution in [0, 0.1) is 10.2 Å². The largest absolute Gasteiger partial charge is 0.368 e. The van der Waals surface area contributed by atoms with Crippen LogP contribution in [-0.4, -0.2) is 17.3 Å². The normalized spacial score (nSPS) is 13.0. The number of rotatable bonds is 5. The van der Waals surface area contributed by atoms with Crippen LogP contribution in [-0.2, 0) is 19.2 Å². The third-order valence-electron chi connectivity index (χ3n) is 3.32. The van der Waals surface area contributed by atoms with Gasteiger partial charge in [0.1, 0.15) is 10.8 Å². The van der Waals surface area contributed by atoms with Crippen molar-refractivity contribution in [3.63, 3.8) is 0 Å². The fourth-order valence-corrected chi connectivity index (χ4v) is 4.49. The van der Waals surface area contributed by atoms with Crippen molar-refractivity contribution in [1.82, 2.24) is 5.10 Å². The molecule has 1 heterocycles. The molecule has 0 bridgehead atoms. The van der Waals surface area contributed by atoms with Crippen LogP contribution in [0.3, 0.4) is 0 Å². The van der Waals surface area contributed by atoms with Gasteiger partial charge in [-0.1, -0.05) is 22.9 Å². The number of benzene rings is 1. The topological polar surface area (TPSA) is 145 Å². The molecular weight excluding hydrogens is 423 g/mol. The zero-order valence-electron chi connectivity index (χ0n) is 17.6. The predicted molar refractivity (Wildman–Crippen MR) is 96.6 cm³/mol. The van der Waals surface area contributed by atoms with Crippen molar-refractivity contribution >= 4 is 23.8 Å². The molecule has 0 radical (unpaired) electrons. The van der Waals surface area contributed by atoms with Gasteiger partial charge in [-0.2, -0.15) is 0 Å². The molecule has 1 aromatic carbocycles. The maximum absolute atomic E-state index is 13.6. The lowest BCUT2D eigenvalue weighted by molar-refractivity contribution is -2.00. The van der Waals surface area contributed by atoms with Crippen LogP contribution in [0.4, 0.5) is 0 Å². The first-order chi connectivity index (χ1) is 13.0. The molecule has 0 saturated heterocycles. The van der Waals surface area contributed by atoms with E-state index in [9.17, 15) is 4.57 Å². The van der Waals surface area contributed by atoms with Gasteiger partial charge in [0.25, 0.3) is 0 Å². The molecule has 0 aliphatic heterocycles. The Hall–Kier alpha value is -1.16. The minimum absolute atomic E-state index is 0.218. The highest BCUT2D eigenvalue weighted by Crippen LogP contribution is 2.50. The van der Waals surface area contributed by atoms with Crippen molar-refractivity contribution in [2.75, 3.05) is 0 Å². The number of hydrogen-bond donors (Lipinski definition) is 0. The van der Waals surface area contributed by atoms with Crippen molar-refractivity contribution in [2.45, 2.75) is 66.2 Å². The van der Waals surface area contributed by atoms with Gasteiger partial charge < -0.3 is 9.05 Å². The third kappa shape index (κ3) is 8.62. The summed E-state index contributed by atoms with van der Waals surface area (Å²) in [6, 6.07) is 7.65. The van der Waals surface area contributed by atoms with Crippen molar-refractivity contribution in [2.24, 2.45) is 0 Å². The molecule has 1 aromatic heterocycles. The maximum Gasteiger partial charge on any atom is 0.368 e. The summed E-state index contributed by atoms with van der Waals surface area (Å²) in [6.07, 6.45) is 1.36. The molecule has 0 aliphatic carbocycles. The van der Waals surface area contributed by atoms with E-state index in [4.69, 9.17) is 27.7 Å². The van der Waals surface area contributed by atoms with Gasteiger partial charge in [-0.05, 0) is 33.8 Å². The van der Waals surface area contributed by atoms with E-state index in [1.54, 1.807) is 6.20 Å². The molecule has 9 nitrogen and oxygen atoms in total. The highest BCUT2D eigenvalue weighted by atomic mass is 35.7. The smallest absolute Gasteiger partial charge is 0.302 e. The summed E-state index contributed by atoms with van der Waals surface area (Å²) in [5, 5.41) is 6.02. The van der Waals surface area contributed by atoms with Crippen molar-refractivity contribution in [3.05, 3.63) is 30.5 Å². The van der Waals surface area contributed by atoms with Crippen LogP contribution >= 0.6 is 7.60 Å². The van der Waals surface area contributed by atoms with Gasteiger partial charge in [0.05, 0.1) is 12.2 Å². The Balaban J connectivity index is 0.000000749. The molecule has 2 aromatic rings. The summed E-state index contributed by atoms with van der Waals surface area (Å²) < 4.78 is 61.0. The van der Waals surface area contributed by atoms with Crippen LogP contribution in [0.15, 0.2) is 30.5 Å². The molecule has 0 saturated carbocycles. The third-order valence-corrected chi connectivity index (χ3v) is 5.67. The second-order valence-electron chi connectivity index (χ2n) is 7.83. The Morgan fingerprint density at radius 1 is 1.00 bits per heavy atom. The van der Waals surface area contributed by atoms with E-state index in [2.05, 4.69) is 25.9 Å². The number of hydrogen-bond acceptors (Lipinski definition) is 8. The summed E-state index contributed by atoms with van der Waals surface area (Å²) in [6.45, 7) is 13.6. The average molecular weight is 451 g/mol. The van der Waals surface area contributed by atoms with Gasteiger partial charge in [0.15, 0.2) is 5.54 Å². The second-order valence-corrected chi connectivity index (χ2v) is 10.5. The summed E-state index contributed by atoms with van der Waals surface area (Å²) in [5.74, 6) is 0. The van der Waals surface area contributed by atoms with E-state index < -0.39 is 17.8 Å². The Bertz CT molecular complexity index is 843. The first-order valence-electron chi connectivity index (χ1n) is 8.94. The lowest BCUT2D eigenvalue weighted by atomic mass is 10.1. The molecule has 164 valence electrons. The first kappa shape index (κ1) is 25.9. The molecule has 11 heteroatoms. The highest BCUT2D eigenvalue weighted by molar-refractivity contribution is 7.62. The number of halogens is 1. The quantitative estimate of drug-likeness (QED) is 0.424. The highest BCUT2D eigenvalue weighted by Gasteiger charge is 2.37. The minimum atomic E-state index is -4.94. The molecule has 0 fully saturated rings. The first-order valence-corrected chi connectivity index (χ1v) is 11.7. The van der Waals surface area contributed by atoms with E-state index in [1.165, 1.54) is 0 Å². The van der Waals surface area contributed by atoms with Crippen molar-refractivity contribution in [3.8, 4) is 0 Å². The lowest BCUT2D eigenvalue weighted by Crippen LogP contribution is -2.68. The summed E-state index contributed by atoms with van der Waals surface area (Å²) in [4.78, 5) is 0. The zero-order valence-corrected chi connectivity index (χ0v) is 19.3. The zero-order chi connectivity index (χ0) is 22.6. The molecule has 0 spiro atoms. The van der Waals surface area contributed by atoms with Crippen molar-refractivity contribution in [1.29, 1.82) is 0 Å². The van der Waals surface area contributed by atoms with E-state index >= 15 is 0 Å². The number of nitrogens with zero attached hydrogens (tertiary/aromatic N) is 2. The Labute approximate surface area is 173 Å². The van der Waals surface area contributed by atoms with E-state index in [1.807, 2.05) is 56.6 Å².